The number of hydrogen-bond donors (Lipinski definition) is 1. The average Bonchev–Trinajstić information content (AvgIpc) is 2.12. The minimum absolute atomic E-state index is 0.186. The molecule has 2 N–H and O–H groups in total. The highest BCUT2D eigenvalue weighted by Gasteiger charge is 2.46. The molecule has 2 heteroatoms. The molecule has 0 aromatic heterocycles. The van der Waals surface area contributed by atoms with Crippen molar-refractivity contribution in [3.63, 3.8) is 0 Å². The van der Waals surface area contributed by atoms with E-state index in [4.69, 9.17) is 10.5 Å². The molecular weight excluding hydrogens is 174 g/mol. The summed E-state index contributed by atoms with van der Waals surface area (Å²) in [6, 6.07) is 0.328. The molecule has 0 spiro atoms. The summed E-state index contributed by atoms with van der Waals surface area (Å²) in [6.45, 7) is 9.79. The Labute approximate surface area is 88.2 Å². The van der Waals surface area contributed by atoms with Crippen molar-refractivity contribution >= 4 is 0 Å². The highest BCUT2D eigenvalue weighted by Crippen LogP contribution is 2.41. The lowest BCUT2D eigenvalue weighted by Crippen LogP contribution is -2.59. The van der Waals surface area contributed by atoms with Gasteiger partial charge in [-0.15, -0.1) is 0 Å². The molecule has 0 saturated heterocycles. The summed E-state index contributed by atoms with van der Waals surface area (Å²) >= 11 is 0. The van der Waals surface area contributed by atoms with Crippen molar-refractivity contribution in [1.82, 2.24) is 0 Å². The third-order valence-electron chi connectivity index (χ3n) is 3.62. The van der Waals surface area contributed by atoms with Gasteiger partial charge in [0.1, 0.15) is 0 Å². The third-order valence-corrected chi connectivity index (χ3v) is 3.62. The lowest BCUT2D eigenvalue weighted by atomic mass is 9.65. The molecule has 84 valence electrons. The fraction of sp³-hybridized carbons (Fsp3) is 1.00. The molecule has 0 heterocycles. The number of ether oxygens (including phenoxy) is 1. The Morgan fingerprint density at radius 3 is 2.57 bits per heavy atom. The fourth-order valence-corrected chi connectivity index (χ4v) is 2.06. The second kappa shape index (κ2) is 4.63. The first-order chi connectivity index (χ1) is 6.48. The van der Waals surface area contributed by atoms with Crippen LogP contribution in [-0.2, 0) is 4.74 Å². The Hall–Kier alpha value is -0.0800. The highest BCUT2D eigenvalue weighted by molar-refractivity contribution is 5.00. The van der Waals surface area contributed by atoms with E-state index in [0.29, 0.717) is 18.1 Å². The van der Waals surface area contributed by atoms with Crippen LogP contribution in [0.25, 0.3) is 0 Å². The zero-order valence-corrected chi connectivity index (χ0v) is 10.0. The first-order valence-corrected chi connectivity index (χ1v) is 5.85. The summed E-state index contributed by atoms with van der Waals surface area (Å²) in [5.41, 5.74) is 6.12. The molecule has 1 fully saturated rings. The molecular formula is C12H25NO. The van der Waals surface area contributed by atoms with Crippen molar-refractivity contribution in [1.29, 1.82) is 0 Å². The summed E-state index contributed by atoms with van der Waals surface area (Å²) in [7, 11) is 0. The number of nitrogens with two attached hydrogens (primary N) is 1. The molecule has 0 bridgehead atoms. The van der Waals surface area contributed by atoms with E-state index < -0.39 is 0 Å². The zero-order valence-electron chi connectivity index (χ0n) is 10.0. The topological polar surface area (TPSA) is 35.2 Å². The van der Waals surface area contributed by atoms with Gasteiger partial charge in [0.2, 0.25) is 0 Å². The van der Waals surface area contributed by atoms with Crippen LogP contribution < -0.4 is 5.73 Å². The Balaban J connectivity index is 2.20. The summed E-state index contributed by atoms with van der Waals surface area (Å²) in [5, 5.41) is 0. The molecule has 0 aliphatic heterocycles. The van der Waals surface area contributed by atoms with E-state index in [9.17, 15) is 0 Å². The lowest BCUT2D eigenvalue weighted by molar-refractivity contribution is -0.115. The monoisotopic (exact) mass is 199 g/mol. The molecule has 2 nitrogen and oxygen atoms in total. The van der Waals surface area contributed by atoms with Gasteiger partial charge in [-0.2, -0.15) is 0 Å². The minimum Gasteiger partial charge on any atom is -0.377 e. The Bertz CT molecular complexity index is 179. The minimum atomic E-state index is 0.186. The molecule has 1 aliphatic rings. The second-order valence-electron chi connectivity index (χ2n) is 5.38. The largest absolute Gasteiger partial charge is 0.377 e. The van der Waals surface area contributed by atoms with Gasteiger partial charge in [0.25, 0.3) is 0 Å². The van der Waals surface area contributed by atoms with Gasteiger partial charge in [-0.25, -0.2) is 0 Å². The van der Waals surface area contributed by atoms with Crippen LogP contribution in [0.3, 0.4) is 0 Å². The summed E-state index contributed by atoms with van der Waals surface area (Å²) in [6.07, 6.45) is 3.93. The summed E-state index contributed by atoms with van der Waals surface area (Å²) in [4.78, 5) is 0. The smallest absolute Gasteiger partial charge is 0.0655 e. The van der Waals surface area contributed by atoms with Gasteiger partial charge < -0.3 is 10.5 Å². The zero-order chi connectivity index (χ0) is 10.8. The maximum absolute atomic E-state index is 5.93. The second-order valence-corrected chi connectivity index (χ2v) is 5.38. The van der Waals surface area contributed by atoms with Crippen molar-refractivity contribution in [2.24, 2.45) is 17.1 Å². The van der Waals surface area contributed by atoms with E-state index in [2.05, 4.69) is 27.7 Å². The molecule has 3 atom stereocenters. The van der Waals surface area contributed by atoms with Crippen molar-refractivity contribution < 1.29 is 4.74 Å². The van der Waals surface area contributed by atoms with Crippen molar-refractivity contribution in [2.45, 2.75) is 59.1 Å². The number of rotatable bonds is 5. The van der Waals surface area contributed by atoms with E-state index in [-0.39, 0.29) is 5.41 Å². The molecule has 1 saturated carbocycles. The molecule has 0 aromatic rings. The Kier molecular flexibility index (Phi) is 3.96. The van der Waals surface area contributed by atoms with Crippen molar-refractivity contribution in [3.05, 3.63) is 0 Å². The molecule has 3 unspecified atom stereocenters. The Morgan fingerprint density at radius 1 is 1.50 bits per heavy atom. The predicted octanol–water partition coefficient (Wildman–Crippen LogP) is 2.57. The fourth-order valence-electron chi connectivity index (χ4n) is 2.06. The SMILES string of the molecule is CCCC(C)COC1CC(N)C1(C)C. The van der Waals surface area contributed by atoms with Gasteiger partial charge in [-0.3, -0.25) is 0 Å². The highest BCUT2D eigenvalue weighted by atomic mass is 16.5. The van der Waals surface area contributed by atoms with E-state index in [1.165, 1.54) is 12.8 Å². The van der Waals surface area contributed by atoms with Crippen LogP contribution in [0.5, 0.6) is 0 Å². The predicted molar refractivity (Wildman–Crippen MR) is 60.2 cm³/mol. The van der Waals surface area contributed by atoms with Crippen LogP contribution in [0.15, 0.2) is 0 Å². The molecule has 0 amide bonds. The first kappa shape index (κ1) is 12.0. The molecule has 0 radical (unpaired) electrons. The van der Waals surface area contributed by atoms with E-state index in [0.717, 1.165) is 13.0 Å². The van der Waals surface area contributed by atoms with Gasteiger partial charge in [-0.1, -0.05) is 34.1 Å². The molecule has 0 aromatic carbocycles. The molecule has 1 aliphatic carbocycles. The van der Waals surface area contributed by atoms with E-state index in [1.54, 1.807) is 0 Å². The third kappa shape index (κ3) is 2.48. The lowest BCUT2D eigenvalue weighted by Gasteiger charge is -2.50. The van der Waals surface area contributed by atoms with E-state index in [1.807, 2.05) is 0 Å². The summed E-state index contributed by atoms with van der Waals surface area (Å²) in [5.74, 6) is 0.688. The van der Waals surface area contributed by atoms with Crippen LogP contribution in [-0.4, -0.2) is 18.8 Å². The van der Waals surface area contributed by atoms with Crippen LogP contribution in [0.4, 0.5) is 0 Å². The van der Waals surface area contributed by atoms with Gasteiger partial charge in [0.05, 0.1) is 6.10 Å². The quantitative estimate of drug-likeness (QED) is 0.738. The van der Waals surface area contributed by atoms with Crippen LogP contribution >= 0.6 is 0 Å². The Morgan fingerprint density at radius 2 is 2.14 bits per heavy atom. The van der Waals surface area contributed by atoms with Gasteiger partial charge in [0.15, 0.2) is 0 Å². The van der Waals surface area contributed by atoms with E-state index >= 15 is 0 Å². The maximum Gasteiger partial charge on any atom is 0.0655 e. The standard InChI is InChI=1S/C12H25NO/c1-5-6-9(2)8-14-11-7-10(13)12(11,3)4/h9-11H,5-8,13H2,1-4H3. The van der Waals surface area contributed by atoms with Crippen molar-refractivity contribution in [2.75, 3.05) is 6.61 Å². The van der Waals surface area contributed by atoms with Gasteiger partial charge >= 0.3 is 0 Å². The summed E-state index contributed by atoms with van der Waals surface area (Å²) < 4.78 is 5.90. The van der Waals surface area contributed by atoms with Crippen molar-refractivity contribution in [3.8, 4) is 0 Å². The van der Waals surface area contributed by atoms with Crippen LogP contribution in [0.1, 0.15) is 47.0 Å². The maximum atomic E-state index is 5.93. The van der Waals surface area contributed by atoms with Gasteiger partial charge in [-0.05, 0) is 18.8 Å². The first-order valence-electron chi connectivity index (χ1n) is 5.85. The average molecular weight is 199 g/mol. The van der Waals surface area contributed by atoms with Crippen LogP contribution in [0, 0.1) is 11.3 Å². The molecule has 14 heavy (non-hydrogen) atoms. The van der Waals surface area contributed by atoms with Gasteiger partial charge in [0, 0.05) is 18.1 Å². The van der Waals surface area contributed by atoms with Crippen LogP contribution in [0.2, 0.25) is 0 Å². The normalized spacial score (nSPS) is 32.4. The molecule has 1 rings (SSSR count). The number of hydrogen-bond acceptors (Lipinski definition) is 2.